The second-order valence-electron chi connectivity index (χ2n) is 5.97. The molecule has 5 heteroatoms. The monoisotopic (exact) mass is 323 g/mol. The third-order valence-electron chi connectivity index (χ3n) is 4.35. The molecule has 124 valence electrons. The summed E-state index contributed by atoms with van der Waals surface area (Å²) in [4.78, 5) is 30.5. The molecule has 3 rings (SSSR count). The summed E-state index contributed by atoms with van der Waals surface area (Å²) in [5.74, 6) is -0.375. The summed E-state index contributed by atoms with van der Waals surface area (Å²) in [7, 11) is 0. The molecule has 2 heterocycles. The van der Waals surface area contributed by atoms with Crippen molar-refractivity contribution in [1.29, 1.82) is 0 Å². The number of nitrogens with one attached hydrogen (secondary N) is 1. The van der Waals surface area contributed by atoms with Gasteiger partial charge in [0.1, 0.15) is 0 Å². The summed E-state index contributed by atoms with van der Waals surface area (Å²) in [5.41, 5.74) is 3.00. The van der Waals surface area contributed by atoms with Gasteiger partial charge in [-0.2, -0.15) is 0 Å². The van der Waals surface area contributed by atoms with E-state index in [0.29, 0.717) is 13.1 Å². The molecule has 0 aliphatic carbocycles. The maximum Gasteiger partial charge on any atom is 0.227 e. The summed E-state index contributed by atoms with van der Waals surface area (Å²) in [6.07, 6.45) is 4.54. The Balaban J connectivity index is 1.65. The Bertz CT molecular complexity index is 730. The van der Waals surface area contributed by atoms with E-state index in [2.05, 4.69) is 17.2 Å². The molecule has 24 heavy (non-hydrogen) atoms. The van der Waals surface area contributed by atoms with Crippen molar-refractivity contribution in [2.75, 3.05) is 11.4 Å². The van der Waals surface area contributed by atoms with E-state index in [0.717, 1.165) is 23.2 Å². The zero-order valence-electron chi connectivity index (χ0n) is 13.7. The second kappa shape index (κ2) is 7.25. The fraction of sp³-hybridized carbons (Fsp3) is 0.316. The zero-order valence-corrected chi connectivity index (χ0v) is 13.7. The van der Waals surface area contributed by atoms with Crippen LogP contribution in [-0.4, -0.2) is 23.3 Å². The van der Waals surface area contributed by atoms with Crippen molar-refractivity contribution < 1.29 is 9.59 Å². The number of hydrogen-bond donors (Lipinski definition) is 1. The molecule has 1 aliphatic heterocycles. The van der Waals surface area contributed by atoms with Crippen LogP contribution in [0.5, 0.6) is 0 Å². The highest BCUT2D eigenvalue weighted by Gasteiger charge is 2.35. The van der Waals surface area contributed by atoms with Crippen LogP contribution in [0.3, 0.4) is 0 Å². The Morgan fingerprint density at radius 1 is 1.29 bits per heavy atom. The zero-order chi connectivity index (χ0) is 16.9. The van der Waals surface area contributed by atoms with Crippen LogP contribution in [0, 0.1) is 5.92 Å². The van der Waals surface area contributed by atoms with E-state index >= 15 is 0 Å². The molecule has 2 amide bonds. The van der Waals surface area contributed by atoms with Crippen molar-refractivity contribution in [3.05, 3.63) is 59.9 Å². The number of rotatable bonds is 5. The predicted molar refractivity (Wildman–Crippen MR) is 92.4 cm³/mol. The molecular weight excluding hydrogens is 302 g/mol. The third-order valence-corrected chi connectivity index (χ3v) is 4.35. The molecule has 1 aliphatic rings. The summed E-state index contributed by atoms with van der Waals surface area (Å²) < 4.78 is 0. The highest BCUT2D eigenvalue weighted by atomic mass is 16.2. The van der Waals surface area contributed by atoms with Crippen LogP contribution in [0.4, 0.5) is 5.69 Å². The fourth-order valence-electron chi connectivity index (χ4n) is 3.03. The maximum absolute atomic E-state index is 12.4. The first-order chi connectivity index (χ1) is 11.7. The number of pyridine rings is 1. The van der Waals surface area contributed by atoms with Crippen molar-refractivity contribution in [2.24, 2.45) is 5.92 Å². The van der Waals surface area contributed by atoms with Crippen molar-refractivity contribution >= 4 is 17.5 Å². The SMILES string of the molecule is CCc1ccccc1N1CC(C(=O)NCc2cccnc2)CC1=O. The number of aryl methyl sites for hydroxylation is 1. The predicted octanol–water partition coefficient (Wildman–Crippen LogP) is 2.31. The normalized spacial score (nSPS) is 17.1. The fourth-order valence-corrected chi connectivity index (χ4v) is 3.03. The minimum atomic E-state index is -0.306. The number of benzene rings is 1. The Labute approximate surface area is 141 Å². The van der Waals surface area contributed by atoms with E-state index in [1.54, 1.807) is 17.3 Å². The summed E-state index contributed by atoms with van der Waals surface area (Å²) in [5, 5.41) is 2.90. The largest absolute Gasteiger partial charge is 0.352 e. The Morgan fingerprint density at radius 2 is 2.12 bits per heavy atom. The lowest BCUT2D eigenvalue weighted by atomic mass is 10.1. The van der Waals surface area contributed by atoms with Gasteiger partial charge in [0.15, 0.2) is 0 Å². The van der Waals surface area contributed by atoms with Gasteiger partial charge in [-0.3, -0.25) is 14.6 Å². The molecule has 1 fully saturated rings. The number of carbonyl (C=O) groups excluding carboxylic acids is 2. The van der Waals surface area contributed by atoms with Crippen LogP contribution in [0.25, 0.3) is 0 Å². The van der Waals surface area contributed by atoms with Crippen LogP contribution in [0.1, 0.15) is 24.5 Å². The molecule has 2 aromatic rings. The first-order valence-corrected chi connectivity index (χ1v) is 8.24. The second-order valence-corrected chi connectivity index (χ2v) is 5.97. The maximum atomic E-state index is 12.4. The number of nitrogens with zero attached hydrogens (tertiary/aromatic N) is 2. The van der Waals surface area contributed by atoms with Gasteiger partial charge in [0.25, 0.3) is 0 Å². The first-order valence-electron chi connectivity index (χ1n) is 8.24. The molecule has 0 radical (unpaired) electrons. The summed E-state index contributed by atoms with van der Waals surface area (Å²) in [6.45, 7) is 2.94. The van der Waals surface area contributed by atoms with Crippen LogP contribution in [0.2, 0.25) is 0 Å². The highest BCUT2D eigenvalue weighted by Crippen LogP contribution is 2.28. The number of carbonyl (C=O) groups is 2. The molecule has 0 saturated carbocycles. The standard InChI is InChI=1S/C19H21N3O2/c1-2-15-7-3-4-8-17(15)22-13-16(10-18(22)23)19(24)21-12-14-6-5-9-20-11-14/h3-9,11,16H,2,10,12-13H2,1H3,(H,21,24). The lowest BCUT2D eigenvalue weighted by Gasteiger charge is -2.20. The number of para-hydroxylation sites is 1. The van der Waals surface area contributed by atoms with Gasteiger partial charge in [-0.15, -0.1) is 0 Å². The van der Waals surface area contributed by atoms with E-state index < -0.39 is 0 Å². The van der Waals surface area contributed by atoms with E-state index in [1.165, 1.54) is 0 Å². The van der Waals surface area contributed by atoms with Crippen molar-refractivity contribution in [1.82, 2.24) is 10.3 Å². The molecule has 5 nitrogen and oxygen atoms in total. The first kappa shape index (κ1) is 16.2. The van der Waals surface area contributed by atoms with Crippen molar-refractivity contribution in [3.8, 4) is 0 Å². The minimum absolute atomic E-state index is 0.0115. The molecule has 1 aromatic carbocycles. The number of aromatic nitrogens is 1. The van der Waals surface area contributed by atoms with E-state index in [1.807, 2.05) is 36.4 Å². The smallest absolute Gasteiger partial charge is 0.227 e. The van der Waals surface area contributed by atoms with Gasteiger partial charge in [-0.1, -0.05) is 31.2 Å². The van der Waals surface area contributed by atoms with E-state index in [9.17, 15) is 9.59 Å². The van der Waals surface area contributed by atoms with Gasteiger partial charge in [0.2, 0.25) is 11.8 Å². The van der Waals surface area contributed by atoms with Crippen molar-refractivity contribution in [2.45, 2.75) is 26.3 Å². The average molecular weight is 323 g/mol. The lowest BCUT2D eigenvalue weighted by molar-refractivity contribution is -0.126. The topological polar surface area (TPSA) is 62.3 Å². The molecule has 1 unspecified atom stereocenters. The number of hydrogen-bond acceptors (Lipinski definition) is 3. The van der Waals surface area contributed by atoms with E-state index in [-0.39, 0.29) is 24.2 Å². The minimum Gasteiger partial charge on any atom is -0.352 e. The molecule has 1 N–H and O–H groups in total. The van der Waals surface area contributed by atoms with Gasteiger partial charge < -0.3 is 10.2 Å². The number of anilines is 1. The van der Waals surface area contributed by atoms with Gasteiger partial charge in [0.05, 0.1) is 5.92 Å². The lowest BCUT2D eigenvalue weighted by Crippen LogP contribution is -2.32. The molecule has 1 atom stereocenters. The Morgan fingerprint density at radius 3 is 2.88 bits per heavy atom. The van der Waals surface area contributed by atoms with Gasteiger partial charge in [0, 0.05) is 37.6 Å². The van der Waals surface area contributed by atoms with Gasteiger partial charge in [-0.25, -0.2) is 0 Å². The van der Waals surface area contributed by atoms with Gasteiger partial charge in [-0.05, 0) is 29.7 Å². The van der Waals surface area contributed by atoms with Crippen molar-refractivity contribution in [3.63, 3.8) is 0 Å². The molecule has 1 aromatic heterocycles. The van der Waals surface area contributed by atoms with Crippen LogP contribution in [-0.2, 0) is 22.6 Å². The van der Waals surface area contributed by atoms with Gasteiger partial charge >= 0.3 is 0 Å². The van der Waals surface area contributed by atoms with Crippen LogP contribution < -0.4 is 10.2 Å². The Hall–Kier alpha value is -2.69. The third kappa shape index (κ3) is 3.45. The molecule has 0 bridgehead atoms. The Kier molecular flexibility index (Phi) is 4.89. The average Bonchev–Trinajstić information content (AvgIpc) is 3.02. The van der Waals surface area contributed by atoms with E-state index in [4.69, 9.17) is 0 Å². The summed E-state index contributed by atoms with van der Waals surface area (Å²) in [6, 6.07) is 11.6. The molecular formula is C19H21N3O2. The van der Waals surface area contributed by atoms with Crippen LogP contribution >= 0.6 is 0 Å². The molecule has 0 spiro atoms. The highest BCUT2D eigenvalue weighted by molar-refractivity contribution is 6.00. The number of amides is 2. The molecule has 1 saturated heterocycles. The van der Waals surface area contributed by atoms with Crippen LogP contribution in [0.15, 0.2) is 48.8 Å². The summed E-state index contributed by atoms with van der Waals surface area (Å²) >= 11 is 0. The quantitative estimate of drug-likeness (QED) is 0.918.